The second-order valence-corrected chi connectivity index (χ2v) is 12.9. The molecule has 0 aromatic heterocycles. The molecule has 10 heteroatoms. The normalized spacial score (nSPS) is 24.0. The fourth-order valence-corrected chi connectivity index (χ4v) is 5.49. The molecule has 4 N–H and O–H groups in total. The number of aliphatic hydroxyl groups excluding tert-OH is 1. The number of carbonyl (C=O) groups excluding carboxylic acids is 1. The van der Waals surface area contributed by atoms with Crippen molar-refractivity contribution in [1.82, 2.24) is 25.8 Å². The van der Waals surface area contributed by atoms with Crippen LogP contribution in [-0.2, 0) is 9.53 Å². The van der Waals surface area contributed by atoms with Crippen molar-refractivity contribution >= 4 is 12.1 Å². The van der Waals surface area contributed by atoms with Gasteiger partial charge in [-0.3, -0.25) is 14.7 Å². The van der Waals surface area contributed by atoms with Crippen LogP contribution < -0.4 is 16.0 Å². The minimum Gasteiger partial charge on any atom is -0.385 e. The Kier molecular flexibility index (Phi) is 14.8. The van der Waals surface area contributed by atoms with E-state index in [0.29, 0.717) is 71.1 Å². The number of piperidine rings is 2. The molecule has 0 aliphatic carbocycles. The van der Waals surface area contributed by atoms with E-state index in [9.17, 15) is 14.3 Å². The Morgan fingerprint density at radius 2 is 1.97 bits per heavy atom. The van der Waals surface area contributed by atoms with E-state index in [1.807, 2.05) is 18.2 Å². The van der Waals surface area contributed by atoms with Crippen molar-refractivity contribution in [3.8, 4) is 0 Å². The van der Waals surface area contributed by atoms with Gasteiger partial charge >= 0.3 is 0 Å². The molecule has 3 unspecified atom stereocenters. The first kappa shape index (κ1) is 34.0. The van der Waals surface area contributed by atoms with Gasteiger partial charge in [0.25, 0.3) is 0 Å². The van der Waals surface area contributed by atoms with Crippen LogP contribution in [0.4, 0.5) is 4.39 Å². The average molecular weight is 557 g/mol. The third-order valence-corrected chi connectivity index (χ3v) is 7.57. The Morgan fingerprint density at radius 3 is 2.56 bits per heavy atom. The Labute approximate surface area is 236 Å². The van der Waals surface area contributed by atoms with Crippen LogP contribution in [0.1, 0.15) is 60.3 Å². The van der Waals surface area contributed by atoms with E-state index in [-0.39, 0.29) is 35.4 Å². The van der Waals surface area contributed by atoms with Gasteiger partial charge in [-0.15, -0.1) is 0 Å². The fraction of sp³-hybridized carbons (Fsp3) is 0.931. The summed E-state index contributed by atoms with van der Waals surface area (Å²) in [5.74, 6) is -0.0520. The molecule has 0 aromatic rings. The van der Waals surface area contributed by atoms with Crippen LogP contribution in [0.25, 0.3) is 0 Å². The molecule has 0 saturated carbocycles. The molecule has 2 aliphatic heterocycles. The first-order chi connectivity index (χ1) is 18.5. The highest BCUT2D eigenvalue weighted by molar-refractivity contribution is 5.79. The number of rotatable bonds is 15. The SMILES string of the molecule is CNC(NCCCOC)C(/C=N\CC(C)(C)C)C(O)N(CC(C)C)[C@@H]1CNC[C@H](C(=O)N2CCC(F)CC2)C1. The predicted octanol–water partition coefficient (Wildman–Crippen LogP) is 2.11. The van der Waals surface area contributed by atoms with Crippen molar-refractivity contribution < 1.29 is 19.0 Å². The van der Waals surface area contributed by atoms with Gasteiger partial charge in [-0.05, 0) is 50.6 Å². The van der Waals surface area contributed by atoms with Crippen molar-refractivity contribution in [1.29, 1.82) is 0 Å². The number of carbonyl (C=O) groups is 1. The number of aliphatic imine (C=N–C) groups is 1. The second-order valence-electron chi connectivity index (χ2n) is 12.9. The number of nitrogens with one attached hydrogen (secondary N) is 3. The van der Waals surface area contributed by atoms with E-state index in [2.05, 4.69) is 55.5 Å². The van der Waals surface area contributed by atoms with E-state index < -0.39 is 12.4 Å². The lowest BCUT2D eigenvalue weighted by molar-refractivity contribution is -0.139. The van der Waals surface area contributed by atoms with Gasteiger partial charge in [0.15, 0.2) is 0 Å². The van der Waals surface area contributed by atoms with Gasteiger partial charge in [0.2, 0.25) is 5.91 Å². The molecule has 1 amide bonds. The Balaban J connectivity index is 2.23. The highest BCUT2D eigenvalue weighted by atomic mass is 19.1. The van der Waals surface area contributed by atoms with E-state index >= 15 is 0 Å². The first-order valence-electron chi connectivity index (χ1n) is 14.9. The molecule has 0 aromatic carbocycles. The van der Waals surface area contributed by atoms with Crippen LogP contribution in [0.5, 0.6) is 0 Å². The molecule has 2 aliphatic rings. The molecule has 5 atom stereocenters. The van der Waals surface area contributed by atoms with Gasteiger partial charge in [0.05, 0.1) is 18.0 Å². The number of hydrogen-bond acceptors (Lipinski definition) is 8. The molecular weight excluding hydrogens is 499 g/mol. The lowest BCUT2D eigenvalue weighted by Gasteiger charge is -2.44. The Bertz CT molecular complexity index is 726. The number of nitrogens with zero attached hydrogens (tertiary/aromatic N) is 3. The van der Waals surface area contributed by atoms with Gasteiger partial charge in [-0.25, -0.2) is 4.39 Å². The van der Waals surface area contributed by atoms with E-state index in [1.54, 1.807) is 7.11 Å². The summed E-state index contributed by atoms with van der Waals surface area (Å²) in [6, 6.07) is -0.00618. The Hall–Kier alpha value is -1.17. The van der Waals surface area contributed by atoms with Crippen LogP contribution in [0.2, 0.25) is 0 Å². The van der Waals surface area contributed by atoms with Crippen LogP contribution in [0, 0.1) is 23.2 Å². The minimum absolute atomic E-state index is 0.00618. The quantitative estimate of drug-likeness (QED) is 0.139. The summed E-state index contributed by atoms with van der Waals surface area (Å²) in [7, 11) is 3.60. The average Bonchev–Trinajstić information content (AvgIpc) is 2.89. The summed E-state index contributed by atoms with van der Waals surface area (Å²) in [6.45, 7) is 15.8. The summed E-state index contributed by atoms with van der Waals surface area (Å²) in [5.41, 5.74) is 0.0438. The third-order valence-electron chi connectivity index (χ3n) is 7.57. The highest BCUT2D eigenvalue weighted by Crippen LogP contribution is 2.25. The molecule has 39 heavy (non-hydrogen) atoms. The van der Waals surface area contributed by atoms with Crippen molar-refractivity contribution in [2.24, 2.45) is 28.2 Å². The molecule has 0 radical (unpaired) electrons. The number of hydrogen-bond donors (Lipinski definition) is 4. The van der Waals surface area contributed by atoms with Crippen LogP contribution >= 0.6 is 0 Å². The summed E-state index contributed by atoms with van der Waals surface area (Å²) in [6.07, 6.45) is 2.50. The zero-order valence-electron chi connectivity index (χ0n) is 25.6. The molecule has 0 spiro atoms. The predicted molar refractivity (Wildman–Crippen MR) is 157 cm³/mol. The molecule has 9 nitrogen and oxygen atoms in total. The summed E-state index contributed by atoms with van der Waals surface area (Å²) in [5, 5.41) is 22.3. The lowest BCUT2D eigenvalue weighted by Crippen LogP contribution is -2.61. The molecular formula is C29H57FN6O3. The van der Waals surface area contributed by atoms with Crippen LogP contribution in [-0.4, -0.2) is 118 Å². The smallest absolute Gasteiger partial charge is 0.227 e. The van der Waals surface area contributed by atoms with Gasteiger partial charge in [-0.1, -0.05) is 34.6 Å². The number of ether oxygens (including phenoxy) is 1. The number of aliphatic hydroxyl groups is 1. The second kappa shape index (κ2) is 16.9. The maximum absolute atomic E-state index is 13.7. The van der Waals surface area contributed by atoms with Crippen molar-refractivity contribution in [3.05, 3.63) is 0 Å². The minimum atomic E-state index is -0.803. The van der Waals surface area contributed by atoms with Gasteiger partial charge < -0.3 is 30.7 Å². The molecule has 0 bridgehead atoms. The first-order valence-corrected chi connectivity index (χ1v) is 14.9. The molecule has 2 saturated heterocycles. The third kappa shape index (κ3) is 11.7. The molecule has 2 rings (SSSR count). The van der Waals surface area contributed by atoms with Gasteiger partial charge in [0, 0.05) is 65.2 Å². The number of likely N-dealkylation sites (tertiary alicyclic amines) is 1. The van der Waals surface area contributed by atoms with Crippen molar-refractivity contribution in [2.45, 2.75) is 84.9 Å². The lowest BCUT2D eigenvalue weighted by atomic mass is 9.90. The molecule has 228 valence electrons. The zero-order valence-corrected chi connectivity index (χ0v) is 25.6. The Morgan fingerprint density at radius 1 is 1.28 bits per heavy atom. The number of halogens is 1. The van der Waals surface area contributed by atoms with E-state index in [4.69, 9.17) is 9.73 Å². The monoisotopic (exact) mass is 556 g/mol. The summed E-state index contributed by atoms with van der Waals surface area (Å²) >= 11 is 0. The van der Waals surface area contributed by atoms with E-state index in [0.717, 1.165) is 13.0 Å². The standard InChI is InChI=1S/C29H57FN6O3/c1-21(2)19-36(24-15-22(16-32-17-24)27(37)35-12-9-23(30)10-13-35)28(38)25(18-33-20-29(3,4)5)26(31-6)34-11-8-14-39-7/h18,21-26,28,31-32,34,38H,8-17,19-20H2,1-7H3/b33-18-/t22-,24+,25?,26?,28?/m1/s1. The van der Waals surface area contributed by atoms with E-state index in [1.165, 1.54) is 0 Å². The van der Waals surface area contributed by atoms with Crippen LogP contribution in [0.15, 0.2) is 4.99 Å². The molecule has 2 fully saturated rings. The highest BCUT2D eigenvalue weighted by Gasteiger charge is 2.39. The van der Waals surface area contributed by atoms with Gasteiger partial charge in [-0.2, -0.15) is 0 Å². The maximum atomic E-state index is 13.7. The van der Waals surface area contributed by atoms with Crippen molar-refractivity contribution in [3.63, 3.8) is 0 Å². The maximum Gasteiger partial charge on any atom is 0.227 e. The largest absolute Gasteiger partial charge is 0.385 e. The number of amides is 1. The van der Waals surface area contributed by atoms with Crippen LogP contribution in [0.3, 0.4) is 0 Å². The fourth-order valence-electron chi connectivity index (χ4n) is 5.49. The van der Waals surface area contributed by atoms with Crippen molar-refractivity contribution in [2.75, 3.05) is 66.6 Å². The molecule has 2 heterocycles. The zero-order chi connectivity index (χ0) is 29.0. The number of methoxy groups -OCH3 is 1. The topological polar surface area (TPSA) is 101 Å². The number of alkyl halides is 1. The summed E-state index contributed by atoms with van der Waals surface area (Å²) < 4.78 is 18.9. The van der Waals surface area contributed by atoms with Gasteiger partial charge in [0.1, 0.15) is 12.4 Å². The summed E-state index contributed by atoms with van der Waals surface area (Å²) in [4.78, 5) is 22.1.